The Balaban J connectivity index is 2.27. The molecule has 1 unspecified atom stereocenters. The van der Waals surface area contributed by atoms with Crippen LogP contribution < -0.4 is 9.47 Å². The molecular formula is C14H15ClO3S. The molecule has 0 aliphatic heterocycles. The smallest absolute Gasteiger partial charge is 0.179 e. The number of thiophene rings is 1. The first kappa shape index (κ1) is 14.2. The van der Waals surface area contributed by atoms with Crippen molar-refractivity contribution >= 4 is 22.9 Å². The van der Waals surface area contributed by atoms with Gasteiger partial charge in [0.15, 0.2) is 11.5 Å². The van der Waals surface area contributed by atoms with Gasteiger partial charge in [-0.25, -0.2) is 0 Å². The molecule has 19 heavy (non-hydrogen) atoms. The van der Waals surface area contributed by atoms with Crippen molar-refractivity contribution in [3.05, 3.63) is 45.1 Å². The molecule has 1 heterocycles. The third-order valence-electron chi connectivity index (χ3n) is 2.82. The third-order valence-corrected chi connectivity index (χ3v) is 3.99. The molecule has 0 aliphatic carbocycles. The number of aliphatic hydroxyl groups excluding tert-OH is 1. The second-order valence-corrected chi connectivity index (χ2v) is 5.48. The van der Waals surface area contributed by atoms with Gasteiger partial charge in [0.2, 0.25) is 0 Å². The van der Waals surface area contributed by atoms with Crippen molar-refractivity contribution < 1.29 is 14.6 Å². The topological polar surface area (TPSA) is 38.7 Å². The molecule has 3 nitrogen and oxygen atoms in total. The van der Waals surface area contributed by atoms with Crippen molar-refractivity contribution in [3.63, 3.8) is 0 Å². The Kier molecular flexibility index (Phi) is 4.69. The minimum atomic E-state index is -0.615. The minimum absolute atomic E-state index is 0.432. The Bertz CT molecular complexity index is 540. The highest BCUT2D eigenvalue weighted by atomic mass is 35.5. The van der Waals surface area contributed by atoms with Crippen molar-refractivity contribution in [2.75, 3.05) is 14.2 Å². The maximum atomic E-state index is 10.3. The van der Waals surface area contributed by atoms with Gasteiger partial charge in [-0.05, 0) is 29.1 Å². The zero-order valence-electron chi connectivity index (χ0n) is 10.7. The SMILES string of the molecule is COc1cc(C(O)Cc2cccs2)cc(Cl)c1OC. The summed E-state index contributed by atoms with van der Waals surface area (Å²) in [5.41, 5.74) is 0.719. The molecule has 2 aromatic rings. The van der Waals surface area contributed by atoms with E-state index in [4.69, 9.17) is 21.1 Å². The second-order valence-electron chi connectivity index (χ2n) is 4.04. The van der Waals surface area contributed by atoms with E-state index in [1.165, 1.54) is 7.11 Å². The molecule has 102 valence electrons. The van der Waals surface area contributed by atoms with Gasteiger partial charge in [0.05, 0.1) is 25.3 Å². The lowest BCUT2D eigenvalue weighted by Crippen LogP contribution is -2.02. The fraction of sp³-hybridized carbons (Fsp3) is 0.286. The summed E-state index contributed by atoms with van der Waals surface area (Å²) in [5, 5.41) is 12.7. The van der Waals surface area contributed by atoms with Crippen molar-refractivity contribution in [3.8, 4) is 11.5 Å². The van der Waals surface area contributed by atoms with Gasteiger partial charge >= 0.3 is 0 Å². The van der Waals surface area contributed by atoms with Crippen molar-refractivity contribution in [2.45, 2.75) is 12.5 Å². The molecule has 0 radical (unpaired) electrons. The van der Waals surface area contributed by atoms with E-state index in [1.54, 1.807) is 30.6 Å². The summed E-state index contributed by atoms with van der Waals surface area (Å²) in [6.07, 6.45) is -0.0558. The number of ether oxygens (including phenoxy) is 2. The predicted molar refractivity (Wildman–Crippen MR) is 77.5 cm³/mol. The first-order chi connectivity index (χ1) is 9.15. The number of methoxy groups -OCH3 is 2. The fourth-order valence-corrected chi connectivity index (χ4v) is 2.91. The zero-order valence-corrected chi connectivity index (χ0v) is 12.3. The monoisotopic (exact) mass is 298 g/mol. The molecule has 0 bridgehead atoms. The van der Waals surface area contributed by atoms with E-state index in [9.17, 15) is 5.11 Å². The van der Waals surface area contributed by atoms with Crippen LogP contribution in [0.5, 0.6) is 11.5 Å². The average molecular weight is 299 g/mol. The van der Waals surface area contributed by atoms with Crippen LogP contribution in [0.1, 0.15) is 16.5 Å². The molecule has 1 aromatic heterocycles. The lowest BCUT2D eigenvalue weighted by molar-refractivity contribution is 0.179. The standard InChI is InChI=1S/C14H15ClO3S/c1-17-13-7-9(6-11(15)14(13)18-2)12(16)8-10-4-3-5-19-10/h3-7,12,16H,8H2,1-2H3. The largest absolute Gasteiger partial charge is 0.493 e. The molecule has 2 rings (SSSR count). The lowest BCUT2D eigenvalue weighted by atomic mass is 10.1. The van der Waals surface area contributed by atoms with Gasteiger partial charge in [-0.1, -0.05) is 17.7 Å². The summed E-state index contributed by atoms with van der Waals surface area (Å²) in [6, 6.07) is 7.43. The number of halogens is 1. The number of benzene rings is 1. The molecule has 5 heteroatoms. The van der Waals surface area contributed by atoms with Crippen LogP contribution in [0.2, 0.25) is 5.02 Å². The average Bonchev–Trinajstić information content (AvgIpc) is 2.90. The Hall–Kier alpha value is -1.23. The van der Waals surface area contributed by atoms with Crippen molar-refractivity contribution in [1.82, 2.24) is 0 Å². The van der Waals surface area contributed by atoms with E-state index in [0.29, 0.717) is 22.9 Å². The highest BCUT2D eigenvalue weighted by Gasteiger charge is 2.16. The Morgan fingerprint density at radius 2 is 2.11 bits per heavy atom. The zero-order chi connectivity index (χ0) is 13.8. The molecule has 1 aromatic carbocycles. The molecular weight excluding hydrogens is 284 g/mol. The summed E-state index contributed by atoms with van der Waals surface area (Å²) in [5.74, 6) is 1.01. The van der Waals surface area contributed by atoms with Crippen LogP contribution in [0.25, 0.3) is 0 Å². The molecule has 0 amide bonds. The van der Waals surface area contributed by atoms with Crippen LogP contribution in [0, 0.1) is 0 Å². The van der Waals surface area contributed by atoms with Gasteiger partial charge in [-0.3, -0.25) is 0 Å². The summed E-state index contributed by atoms with van der Waals surface area (Å²) in [7, 11) is 3.08. The van der Waals surface area contributed by atoms with Crippen molar-refractivity contribution in [1.29, 1.82) is 0 Å². The van der Waals surface area contributed by atoms with Gasteiger partial charge in [0, 0.05) is 11.3 Å². The lowest BCUT2D eigenvalue weighted by Gasteiger charge is -2.15. The van der Waals surface area contributed by atoms with E-state index in [2.05, 4.69) is 0 Å². The molecule has 0 aliphatic rings. The van der Waals surface area contributed by atoms with Gasteiger partial charge in [-0.15, -0.1) is 11.3 Å². The van der Waals surface area contributed by atoms with Crippen LogP contribution in [-0.2, 0) is 6.42 Å². The second kappa shape index (κ2) is 6.28. The third kappa shape index (κ3) is 3.21. The van der Waals surface area contributed by atoms with E-state index in [1.807, 2.05) is 17.5 Å². The molecule has 1 atom stereocenters. The van der Waals surface area contributed by atoms with Crippen molar-refractivity contribution in [2.24, 2.45) is 0 Å². The van der Waals surface area contributed by atoms with E-state index < -0.39 is 6.10 Å². The normalized spacial score (nSPS) is 12.2. The summed E-state index contributed by atoms with van der Waals surface area (Å²) in [6.45, 7) is 0. The quantitative estimate of drug-likeness (QED) is 0.915. The van der Waals surface area contributed by atoms with Crippen LogP contribution in [0.3, 0.4) is 0 Å². The number of aliphatic hydroxyl groups is 1. The van der Waals surface area contributed by atoms with Crippen LogP contribution in [-0.4, -0.2) is 19.3 Å². The number of hydrogen-bond donors (Lipinski definition) is 1. The first-order valence-corrected chi connectivity index (χ1v) is 7.03. The highest BCUT2D eigenvalue weighted by molar-refractivity contribution is 7.09. The maximum absolute atomic E-state index is 10.3. The summed E-state index contributed by atoms with van der Waals surface area (Å²) >= 11 is 7.74. The molecule has 1 N–H and O–H groups in total. The fourth-order valence-electron chi connectivity index (χ4n) is 1.87. The molecule has 0 saturated heterocycles. The van der Waals surface area contributed by atoms with E-state index in [0.717, 1.165) is 10.4 Å². The first-order valence-electron chi connectivity index (χ1n) is 5.77. The Labute approximate surface area is 121 Å². The van der Waals surface area contributed by atoms with Gasteiger partial charge < -0.3 is 14.6 Å². The van der Waals surface area contributed by atoms with E-state index in [-0.39, 0.29) is 0 Å². The summed E-state index contributed by atoms with van der Waals surface area (Å²) < 4.78 is 10.4. The Morgan fingerprint density at radius 1 is 1.32 bits per heavy atom. The van der Waals surface area contributed by atoms with Gasteiger partial charge in [0.1, 0.15) is 0 Å². The highest BCUT2D eigenvalue weighted by Crippen LogP contribution is 2.38. The Morgan fingerprint density at radius 3 is 2.68 bits per heavy atom. The summed E-state index contributed by atoms with van der Waals surface area (Å²) in [4.78, 5) is 1.12. The van der Waals surface area contributed by atoms with Crippen LogP contribution in [0.4, 0.5) is 0 Å². The minimum Gasteiger partial charge on any atom is -0.493 e. The predicted octanol–water partition coefficient (Wildman–Crippen LogP) is 3.69. The van der Waals surface area contributed by atoms with Crippen LogP contribution in [0.15, 0.2) is 29.6 Å². The molecule has 0 spiro atoms. The molecule has 0 fully saturated rings. The number of rotatable bonds is 5. The van der Waals surface area contributed by atoms with E-state index >= 15 is 0 Å². The van der Waals surface area contributed by atoms with Crippen LogP contribution >= 0.6 is 22.9 Å². The van der Waals surface area contributed by atoms with Gasteiger partial charge in [0.25, 0.3) is 0 Å². The van der Waals surface area contributed by atoms with Gasteiger partial charge in [-0.2, -0.15) is 0 Å². The number of hydrogen-bond acceptors (Lipinski definition) is 4. The maximum Gasteiger partial charge on any atom is 0.179 e. The molecule has 0 saturated carbocycles.